The Morgan fingerprint density at radius 2 is 2.05 bits per heavy atom. The van der Waals surface area contributed by atoms with Gasteiger partial charge in [0.15, 0.2) is 0 Å². The first-order valence-corrected chi connectivity index (χ1v) is 15.9. The van der Waals surface area contributed by atoms with Gasteiger partial charge in [-0.3, -0.25) is 4.79 Å². The van der Waals surface area contributed by atoms with Gasteiger partial charge in [-0.25, -0.2) is 18.1 Å². The minimum absolute atomic E-state index is 0.0459. The quantitative estimate of drug-likeness (QED) is 0.317. The molecule has 0 radical (unpaired) electrons. The molecule has 10 nitrogen and oxygen atoms in total. The number of carboxylic acid groups (broad SMARTS) is 1. The molecule has 1 aliphatic heterocycles. The lowest BCUT2D eigenvalue weighted by molar-refractivity contribution is -0.137. The molecular weight excluding hydrogens is 578 g/mol. The zero-order valence-corrected chi connectivity index (χ0v) is 25.2. The fraction of sp³-hybridized carbons (Fsp3) is 0.400. The van der Waals surface area contributed by atoms with E-state index >= 15 is 0 Å². The predicted molar refractivity (Wildman–Crippen MR) is 157 cm³/mol. The summed E-state index contributed by atoms with van der Waals surface area (Å²) < 4.78 is 37.1. The van der Waals surface area contributed by atoms with Crippen molar-refractivity contribution in [3.05, 3.63) is 74.9 Å². The SMILES string of the molecule is CC[C@@H]1CN(Cc2cc(C(CC(=O)O)c3ccc4c(nnn4C)c3C)cc3c2CCC3)S(=O)(=O)c2cc(Cl)cnc2O1. The smallest absolute Gasteiger partial charge is 0.304 e. The highest BCUT2D eigenvalue weighted by Crippen LogP contribution is 2.39. The number of fused-ring (bicyclic) bond motifs is 3. The van der Waals surface area contributed by atoms with Gasteiger partial charge in [0, 0.05) is 25.7 Å². The number of benzene rings is 2. The Morgan fingerprint density at radius 3 is 2.81 bits per heavy atom. The normalized spacial score (nSPS) is 18.7. The average molecular weight is 610 g/mol. The van der Waals surface area contributed by atoms with Gasteiger partial charge in [0.25, 0.3) is 0 Å². The molecule has 2 aromatic carbocycles. The number of pyridine rings is 1. The van der Waals surface area contributed by atoms with Gasteiger partial charge < -0.3 is 9.84 Å². The second kappa shape index (κ2) is 10.9. The number of rotatable bonds is 7. The number of halogens is 1. The molecular formula is C30H32ClN5O5S. The van der Waals surface area contributed by atoms with Crippen LogP contribution in [0.25, 0.3) is 11.0 Å². The standard InChI is InChI=1S/C30H32ClN5O5S/c1-4-22-16-36(42(39,40)27-12-21(31)14-32-30(27)41-22)15-20-11-19(10-18-6-5-7-24(18)20)25(13-28(37)38)23-8-9-26-29(17(23)2)33-34-35(26)3/h8-12,14,22,25H,4-7,13,15-16H2,1-3H3,(H,37,38)/t22-,25?/m1/s1. The van der Waals surface area contributed by atoms with E-state index in [4.69, 9.17) is 16.3 Å². The minimum atomic E-state index is -3.98. The zero-order valence-electron chi connectivity index (χ0n) is 23.7. The summed E-state index contributed by atoms with van der Waals surface area (Å²) in [7, 11) is -2.16. The molecule has 4 aromatic rings. The van der Waals surface area contributed by atoms with Crippen molar-refractivity contribution in [2.24, 2.45) is 7.05 Å². The largest absolute Gasteiger partial charge is 0.481 e. The lowest BCUT2D eigenvalue weighted by atomic mass is 9.83. The highest BCUT2D eigenvalue weighted by Gasteiger charge is 2.36. The summed E-state index contributed by atoms with van der Waals surface area (Å²) in [6.45, 7) is 4.18. The van der Waals surface area contributed by atoms with E-state index in [0.717, 1.165) is 63.7 Å². The molecule has 6 rings (SSSR count). The number of sulfonamides is 1. The number of carboxylic acids is 1. The highest BCUT2D eigenvalue weighted by molar-refractivity contribution is 7.89. The molecule has 1 aliphatic carbocycles. The minimum Gasteiger partial charge on any atom is -0.481 e. The Bertz CT molecular complexity index is 1820. The number of aromatic nitrogens is 4. The molecule has 1 unspecified atom stereocenters. The van der Waals surface area contributed by atoms with Gasteiger partial charge in [0.1, 0.15) is 16.5 Å². The van der Waals surface area contributed by atoms with Crippen LogP contribution in [0.4, 0.5) is 0 Å². The van der Waals surface area contributed by atoms with E-state index in [2.05, 4.69) is 21.4 Å². The van der Waals surface area contributed by atoms with Gasteiger partial charge in [-0.15, -0.1) is 5.10 Å². The molecule has 0 fully saturated rings. The van der Waals surface area contributed by atoms with Crippen molar-refractivity contribution >= 4 is 38.6 Å². The Labute approximate surface area is 249 Å². The second-order valence-electron chi connectivity index (χ2n) is 11.1. The molecule has 1 N–H and O–H groups in total. The second-order valence-corrected chi connectivity index (χ2v) is 13.4. The fourth-order valence-corrected chi connectivity index (χ4v) is 8.04. The van der Waals surface area contributed by atoms with Crippen LogP contribution in [-0.4, -0.2) is 56.4 Å². The van der Waals surface area contributed by atoms with Gasteiger partial charge in [0.05, 0.1) is 23.5 Å². The number of carbonyl (C=O) groups is 1. The van der Waals surface area contributed by atoms with Crippen LogP contribution in [0.2, 0.25) is 5.02 Å². The third kappa shape index (κ3) is 5.03. The third-order valence-electron chi connectivity index (χ3n) is 8.46. The summed E-state index contributed by atoms with van der Waals surface area (Å²) in [6, 6.07) is 9.37. The maximum Gasteiger partial charge on any atom is 0.304 e. The van der Waals surface area contributed by atoms with Crippen LogP contribution in [0.3, 0.4) is 0 Å². The zero-order chi connectivity index (χ0) is 29.8. The van der Waals surface area contributed by atoms with Crippen LogP contribution in [0.15, 0.2) is 41.4 Å². The Kier molecular flexibility index (Phi) is 7.44. The maximum atomic E-state index is 14.0. The van der Waals surface area contributed by atoms with Gasteiger partial charge in [0.2, 0.25) is 15.9 Å². The van der Waals surface area contributed by atoms with E-state index in [1.165, 1.54) is 16.6 Å². The first-order valence-electron chi connectivity index (χ1n) is 14.0. The number of hydrogen-bond donors (Lipinski definition) is 1. The van der Waals surface area contributed by atoms with E-state index in [9.17, 15) is 18.3 Å². The average Bonchev–Trinajstić information content (AvgIpc) is 3.56. The summed E-state index contributed by atoms with van der Waals surface area (Å²) >= 11 is 6.16. The van der Waals surface area contributed by atoms with Crippen molar-refractivity contribution in [1.29, 1.82) is 0 Å². The molecule has 2 aromatic heterocycles. The summed E-state index contributed by atoms with van der Waals surface area (Å²) in [4.78, 5) is 16.3. The fourth-order valence-electron chi connectivity index (χ4n) is 6.27. The van der Waals surface area contributed by atoms with Crippen LogP contribution in [-0.2, 0) is 41.3 Å². The number of aryl methyl sites for hydroxylation is 3. The molecule has 0 amide bonds. The number of hydrogen-bond acceptors (Lipinski definition) is 7. The Hall–Kier alpha value is -3.54. The summed E-state index contributed by atoms with van der Waals surface area (Å²) in [5.41, 5.74) is 7.35. The number of aliphatic carboxylic acids is 1. The summed E-state index contributed by atoms with van der Waals surface area (Å²) in [5.74, 6) is -1.31. The molecule has 12 heteroatoms. The predicted octanol–water partition coefficient (Wildman–Crippen LogP) is 4.78. The summed E-state index contributed by atoms with van der Waals surface area (Å²) in [5, 5.41) is 18.6. The monoisotopic (exact) mass is 609 g/mol. The van der Waals surface area contributed by atoms with E-state index < -0.39 is 21.9 Å². The Morgan fingerprint density at radius 1 is 1.24 bits per heavy atom. The molecule has 0 spiro atoms. The van der Waals surface area contributed by atoms with Gasteiger partial charge in [-0.2, -0.15) is 4.31 Å². The van der Waals surface area contributed by atoms with E-state index in [-0.39, 0.29) is 41.4 Å². The molecule has 2 atom stereocenters. The Balaban J connectivity index is 1.46. The van der Waals surface area contributed by atoms with Crippen LogP contribution in [0, 0.1) is 6.92 Å². The van der Waals surface area contributed by atoms with Crippen molar-refractivity contribution < 1.29 is 23.1 Å². The first kappa shape index (κ1) is 28.6. The third-order valence-corrected chi connectivity index (χ3v) is 10.5. The van der Waals surface area contributed by atoms with Crippen molar-refractivity contribution in [3.63, 3.8) is 0 Å². The van der Waals surface area contributed by atoms with Crippen molar-refractivity contribution in [3.8, 4) is 5.88 Å². The van der Waals surface area contributed by atoms with Gasteiger partial charge in [-0.05, 0) is 78.1 Å². The summed E-state index contributed by atoms with van der Waals surface area (Å²) in [6.07, 6.45) is 4.13. The molecule has 0 saturated carbocycles. The number of ether oxygens (including phenoxy) is 1. The maximum absolute atomic E-state index is 14.0. The van der Waals surface area contributed by atoms with Crippen LogP contribution >= 0.6 is 11.6 Å². The van der Waals surface area contributed by atoms with E-state index in [1.54, 1.807) is 4.68 Å². The van der Waals surface area contributed by atoms with Crippen molar-refractivity contribution in [2.75, 3.05) is 6.54 Å². The topological polar surface area (TPSA) is 128 Å². The molecule has 0 saturated heterocycles. The molecule has 0 bridgehead atoms. The van der Waals surface area contributed by atoms with Crippen molar-refractivity contribution in [1.82, 2.24) is 24.3 Å². The molecule has 42 heavy (non-hydrogen) atoms. The van der Waals surface area contributed by atoms with Gasteiger partial charge in [-0.1, -0.05) is 41.9 Å². The van der Waals surface area contributed by atoms with Crippen LogP contribution < -0.4 is 4.74 Å². The highest BCUT2D eigenvalue weighted by atomic mass is 35.5. The molecule has 2 aliphatic rings. The number of nitrogens with zero attached hydrogens (tertiary/aromatic N) is 5. The lowest BCUT2D eigenvalue weighted by Crippen LogP contribution is -2.36. The molecule has 220 valence electrons. The first-order chi connectivity index (χ1) is 20.1. The van der Waals surface area contributed by atoms with Crippen LogP contribution in [0.5, 0.6) is 5.88 Å². The molecule has 3 heterocycles. The van der Waals surface area contributed by atoms with E-state index in [1.807, 2.05) is 39.1 Å². The van der Waals surface area contributed by atoms with Gasteiger partial charge >= 0.3 is 5.97 Å². The van der Waals surface area contributed by atoms with Crippen LogP contribution in [0.1, 0.15) is 65.5 Å². The van der Waals surface area contributed by atoms with E-state index in [0.29, 0.717) is 6.42 Å². The van der Waals surface area contributed by atoms with Crippen molar-refractivity contribution in [2.45, 2.75) is 69.4 Å². The lowest BCUT2D eigenvalue weighted by Gasteiger charge is -2.25.